The van der Waals surface area contributed by atoms with Crippen molar-refractivity contribution in [1.29, 1.82) is 0 Å². The third-order valence-electron chi connectivity index (χ3n) is 5.60. The molecule has 0 amide bonds. The van der Waals surface area contributed by atoms with E-state index < -0.39 is 54.0 Å². The second-order valence-corrected chi connectivity index (χ2v) is 12.3. The van der Waals surface area contributed by atoms with Crippen molar-refractivity contribution in [3.05, 3.63) is 38.7 Å². The van der Waals surface area contributed by atoms with Gasteiger partial charge in [0.15, 0.2) is 5.79 Å². The van der Waals surface area contributed by atoms with Crippen LogP contribution < -0.4 is 16.4 Å². The fourth-order valence-electron chi connectivity index (χ4n) is 4.07. The molecule has 0 bridgehead atoms. The van der Waals surface area contributed by atoms with Crippen LogP contribution in [0, 0.1) is 5.82 Å². The molecule has 34 heavy (non-hydrogen) atoms. The van der Waals surface area contributed by atoms with Gasteiger partial charge in [0.2, 0.25) is 0 Å². The van der Waals surface area contributed by atoms with E-state index in [0.717, 1.165) is 12.3 Å². The third-order valence-corrected chi connectivity index (χ3v) is 8.54. The summed E-state index contributed by atoms with van der Waals surface area (Å²) in [5, 5.41) is 4.48. The number of hydrogen-bond donors (Lipinski definition) is 5. The van der Waals surface area contributed by atoms with Crippen LogP contribution >= 0.6 is 34.8 Å². The number of rotatable bonds is 6. The van der Waals surface area contributed by atoms with Crippen LogP contribution in [0.15, 0.2) is 12.3 Å². The summed E-state index contributed by atoms with van der Waals surface area (Å²) in [6.07, 6.45) is 1.15. The molecule has 1 aromatic rings. The lowest BCUT2D eigenvalue weighted by molar-refractivity contribution is -0.00321. The van der Waals surface area contributed by atoms with Crippen molar-refractivity contribution >= 4 is 60.6 Å². The van der Waals surface area contributed by atoms with E-state index in [0.29, 0.717) is 26.2 Å². The van der Waals surface area contributed by atoms with E-state index in [1.165, 1.54) is 0 Å². The fourth-order valence-corrected chi connectivity index (χ4v) is 6.38. The fraction of sp³-hybridized carbons (Fsp3) is 0.529. The van der Waals surface area contributed by atoms with Crippen molar-refractivity contribution in [3.63, 3.8) is 0 Å². The first-order valence-corrected chi connectivity index (χ1v) is 14.1. The summed E-state index contributed by atoms with van der Waals surface area (Å²) in [5.74, 6) is -4.87. The number of halogens is 4. The first kappa shape index (κ1) is 27.8. The highest BCUT2D eigenvalue weighted by Gasteiger charge is 2.51. The Morgan fingerprint density at radius 2 is 1.59 bits per heavy atom. The average Bonchev–Trinajstić information content (AvgIpc) is 2.67. The van der Waals surface area contributed by atoms with Gasteiger partial charge >= 0.3 is 0 Å². The Morgan fingerprint density at radius 1 is 1.03 bits per heavy atom. The van der Waals surface area contributed by atoms with Crippen LogP contribution in [0.5, 0.6) is 0 Å². The minimum Gasteiger partial charge on any atom is -0.360 e. The van der Waals surface area contributed by atoms with Gasteiger partial charge in [0.25, 0.3) is 20.2 Å². The van der Waals surface area contributed by atoms with Crippen molar-refractivity contribution in [2.75, 3.05) is 44.7 Å². The Labute approximate surface area is 211 Å². The summed E-state index contributed by atoms with van der Waals surface area (Å²) < 4.78 is 81.4. The van der Waals surface area contributed by atoms with Gasteiger partial charge in [-0.3, -0.25) is 19.3 Å². The van der Waals surface area contributed by atoms with Gasteiger partial charge in [0.1, 0.15) is 23.0 Å². The van der Waals surface area contributed by atoms with E-state index in [4.69, 9.17) is 40.5 Å². The maximum absolute atomic E-state index is 14.4. The lowest BCUT2D eigenvalue weighted by Gasteiger charge is -2.53. The number of likely N-dealkylation sites (N-methyl/N-ethyl adjacent to an activating group) is 1. The Balaban J connectivity index is 2.21. The molecule has 1 aromatic carbocycles. The molecule has 11 nitrogen and oxygen atoms in total. The van der Waals surface area contributed by atoms with E-state index >= 15 is 0 Å². The second kappa shape index (κ2) is 9.59. The molecule has 2 atom stereocenters. The number of nitrogens with one attached hydrogen (secondary N) is 2. The van der Waals surface area contributed by atoms with Crippen molar-refractivity contribution < 1.29 is 30.3 Å². The Bertz CT molecular complexity index is 1230. The zero-order chi connectivity index (χ0) is 25.7. The van der Waals surface area contributed by atoms with Gasteiger partial charge in [-0.25, -0.2) is 4.39 Å². The summed E-state index contributed by atoms with van der Waals surface area (Å²) in [7, 11) is -7.58. The molecule has 1 fully saturated rings. The second-order valence-electron chi connectivity index (χ2n) is 8.25. The topological polar surface area (TPSA) is 165 Å². The van der Waals surface area contributed by atoms with Gasteiger partial charge < -0.3 is 16.0 Å². The Hall–Kier alpha value is -0.780. The largest absolute Gasteiger partial charge is 0.360 e. The number of nitrogens with zero attached hydrogens (tertiary/aromatic N) is 2. The summed E-state index contributed by atoms with van der Waals surface area (Å²) in [6.45, 7) is 1.65. The molecule has 2 aliphatic heterocycles. The van der Waals surface area contributed by atoms with Crippen molar-refractivity contribution in [3.8, 4) is 0 Å². The molecule has 3 rings (SSSR count). The zero-order valence-electron chi connectivity index (χ0n) is 17.7. The highest BCUT2D eigenvalue weighted by Crippen LogP contribution is 2.41. The molecule has 192 valence electrons. The molecule has 2 heterocycles. The number of hydrogen-bond acceptors (Lipinski definition) is 9. The highest BCUT2D eigenvalue weighted by molar-refractivity contribution is 7.86. The van der Waals surface area contributed by atoms with E-state index in [9.17, 15) is 30.3 Å². The van der Waals surface area contributed by atoms with Gasteiger partial charge in [-0.1, -0.05) is 34.8 Å². The van der Waals surface area contributed by atoms with Gasteiger partial charge in [-0.2, -0.15) is 16.8 Å². The molecule has 6 N–H and O–H groups in total. The highest BCUT2D eigenvalue weighted by atomic mass is 35.5. The quantitative estimate of drug-likeness (QED) is 0.182. The predicted octanol–water partition coefficient (Wildman–Crippen LogP) is 0.651. The van der Waals surface area contributed by atoms with Gasteiger partial charge in [-0.05, 0) is 13.1 Å². The molecule has 17 heteroatoms. The van der Waals surface area contributed by atoms with Crippen LogP contribution in [0.25, 0.3) is 5.57 Å². The minimum absolute atomic E-state index is 0.154. The standard InChI is InChI=1S/C17H23Cl3FN5O6S2/c1-25-2-4-26(5-3-25)17(9-34(30,31)32)23-7-11(16(22,24-17)8-33(27,28)29)10-6-12(21)14(19)15(20)13(10)18/h6-7,23-24H,2-5,8-9,22H2,1H3,(H,27,28,29)(H,30,31,32). The molecule has 0 aromatic heterocycles. The van der Waals surface area contributed by atoms with Crippen molar-refractivity contribution in [1.82, 2.24) is 20.4 Å². The van der Waals surface area contributed by atoms with E-state index in [1.54, 1.807) is 4.90 Å². The van der Waals surface area contributed by atoms with Gasteiger partial charge in [0, 0.05) is 43.5 Å². The molecular formula is C17H23Cl3FN5O6S2. The van der Waals surface area contributed by atoms with Gasteiger partial charge in [0.05, 0.1) is 15.1 Å². The minimum atomic E-state index is -4.79. The molecule has 0 radical (unpaired) electrons. The SMILES string of the molecule is CN1CCN(C2(CS(=O)(=O)O)NC=C(c3cc(F)c(Cl)c(Cl)c3Cl)C(N)(CS(=O)(=O)O)N2)CC1. The monoisotopic (exact) mass is 581 g/mol. The third kappa shape index (κ3) is 5.95. The number of nitrogens with two attached hydrogens (primary N) is 1. The van der Waals surface area contributed by atoms with Crippen molar-refractivity contribution in [2.45, 2.75) is 11.4 Å². The average molecular weight is 583 g/mol. The molecule has 0 aliphatic carbocycles. The summed E-state index contributed by atoms with van der Waals surface area (Å²) >= 11 is 18.0. The molecule has 2 unspecified atom stereocenters. The maximum atomic E-state index is 14.4. The summed E-state index contributed by atoms with van der Waals surface area (Å²) in [5.41, 5.74) is 3.89. The zero-order valence-corrected chi connectivity index (χ0v) is 21.6. The molecule has 0 saturated carbocycles. The van der Waals surface area contributed by atoms with Crippen molar-refractivity contribution in [2.24, 2.45) is 5.73 Å². The molecule has 2 aliphatic rings. The van der Waals surface area contributed by atoms with Crippen LogP contribution in [0.1, 0.15) is 5.56 Å². The maximum Gasteiger partial charge on any atom is 0.269 e. The normalized spacial score (nSPS) is 27.4. The predicted molar refractivity (Wildman–Crippen MR) is 127 cm³/mol. The van der Waals surface area contributed by atoms with Gasteiger partial charge in [-0.15, -0.1) is 0 Å². The van der Waals surface area contributed by atoms with E-state index in [1.807, 2.05) is 11.9 Å². The van der Waals surface area contributed by atoms with E-state index in [-0.39, 0.29) is 21.2 Å². The lowest BCUT2D eigenvalue weighted by Crippen LogP contribution is -2.81. The Morgan fingerprint density at radius 3 is 2.12 bits per heavy atom. The van der Waals surface area contributed by atoms with Crippen LogP contribution in [0.3, 0.4) is 0 Å². The smallest absolute Gasteiger partial charge is 0.269 e. The van der Waals surface area contributed by atoms with Crippen LogP contribution in [-0.4, -0.2) is 91.9 Å². The molecule has 0 spiro atoms. The summed E-state index contributed by atoms with van der Waals surface area (Å²) in [4.78, 5) is 3.60. The van der Waals surface area contributed by atoms with Crippen LogP contribution in [-0.2, 0) is 20.2 Å². The first-order valence-electron chi connectivity index (χ1n) is 9.70. The summed E-state index contributed by atoms with van der Waals surface area (Å²) in [6, 6.07) is 0.878. The van der Waals surface area contributed by atoms with Crippen LogP contribution in [0.2, 0.25) is 15.1 Å². The molecule has 1 saturated heterocycles. The number of piperazine rings is 1. The molecular weight excluding hydrogens is 560 g/mol. The Kier molecular flexibility index (Phi) is 7.84. The number of benzene rings is 1. The first-order chi connectivity index (χ1) is 15.5. The lowest BCUT2D eigenvalue weighted by atomic mass is 9.91. The van der Waals surface area contributed by atoms with E-state index in [2.05, 4.69) is 10.6 Å². The van der Waals surface area contributed by atoms with Crippen LogP contribution in [0.4, 0.5) is 4.39 Å².